The number of halogens is 2. The molecule has 4 nitrogen and oxygen atoms in total. The monoisotopic (exact) mass is 440 g/mol. The second-order valence-corrected chi connectivity index (χ2v) is 8.44. The maximum atomic E-state index is 13.1. The van der Waals surface area contributed by atoms with E-state index in [2.05, 4.69) is 21.2 Å². The zero-order valence-corrected chi connectivity index (χ0v) is 17.1. The van der Waals surface area contributed by atoms with Gasteiger partial charge in [-0.25, -0.2) is 9.37 Å². The van der Waals surface area contributed by atoms with Crippen molar-refractivity contribution in [3.05, 3.63) is 44.1 Å². The number of aryl methyl sites for hydroxylation is 3. The predicted octanol–water partition coefficient (Wildman–Crippen LogP) is 4.44. The first kappa shape index (κ1) is 19.3. The molecule has 1 heterocycles. The van der Waals surface area contributed by atoms with Crippen molar-refractivity contribution in [3.63, 3.8) is 0 Å². The number of nitrogens with zero attached hydrogens (tertiary/aromatic N) is 1. The molecule has 0 saturated carbocycles. The van der Waals surface area contributed by atoms with Crippen molar-refractivity contribution in [2.75, 3.05) is 6.54 Å². The van der Waals surface area contributed by atoms with Gasteiger partial charge in [0.15, 0.2) is 6.10 Å². The molecular formula is C19H22BrFN2O2S. The van der Waals surface area contributed by atoms with E-state index in [-0.39, 0.29) is 11.7 Å². The number of rotatable bonds is 7. The van der Waals surface area contributed by atoms with Crippen LogP contribution < -0.4 is 10.1 Å². The second-order valence-electron chi connectivity index (χ2n) is 6.41. The summed E-state index contributed by atoms with van der Waals surface area (Å²) in [5.74, 6) is -0.0905. The zero-order chi connectivity index (χ0) is 18.5. The molecule has 7 heteroatoms. The van der Waals surface area contributed by atoms with Crippen LogP contribution in [-0.2, 0) is 24.1 Å². The van der Waals surface area contributed by atoms with Crippen molar-refractivity contribution >= 4 is 33.2 Å². The summed E-state index contributed by atoms with van der Waals surface area (Å²) < 4.78 is 19.2. The van der Waals surface area contributed by atoms with E-state index in [4.69, 9.17) is 9.72 Å². The average Bonchev–Trinajstić information content (AvgIpc) is 3.03. The number of carbonyl (C=O) groups excluding carboxylic acids is 1. The summed E-state index contributed by atoms with van der Waals surface area (Å²) >= 11 is 5.06. The number of amides is 1. The third kappa shape index (κ3) is 5.04. The lowest BCUT2D eigenvalue weighted by molar-refractivity contribution is -0.127. The van der Waals surface area contributed by atoms with Gasteiger partial charge in [0.2, 0.25) is 0 Å². The van der Waals surface area contributed by atoms with Gasteiger partial charge in [0.1, 0.15) is 11.6 Å². The highest BCUT2D eigenvalue weighted by atomic mass is 79.9. The Balaban J connectivity index is 1.41. The van der Waals surface area contributed by atoms with E-state index in [1.54, 1.807) is 6.92 Å². The largest absolute Gasteiger partial charge is 0.480 e. The Labute approximate surface area is 165 Å². The number of nitrogens with one attached hydrogen (secondary N) is 1. The maximum absolute atomic E-state index is 13.1. The Kier molecular flexibility index (Phi) is 6.64. The molecule has 140 valence electrons. The van der Waals surface area contributed by atoms with E-state index in [1.165, 1.54) is 46.6 Å². The average molecular weight is 441 g/mol. The molecule has 26 heavy (non-hydrogen) atoms. The summed E-state index contributed by atoms with van der Waals surface area (Å²) in [6, 6.07) is 4.12. The van der Waals surface area contributed by atoms with Gasteiger partial charge in [-0.05, 0) is 73.2 Å². The van der Waals surface area contributed by atoms with E-state index >= 15 is 0 Å². The van der Waals surface area contributed by atoms with Crippen LogP contribution in [0.15, 0.2) is 22.7 Å². The molecule has 0 spiro atoms. The van der Waals surface area contributed by atoms with Gasteiger partial charge in [-0.2, -0.15) is 0 Å². The fraction of sp³-hybridized carbons (Fsp3) is 0.474. The first-order valence-corrected chi connectivity index (χ1v) is 10.5. The lowest BCUT2D eigenvalue weighted by Gasteiger charge is -2.15. The molecule has 1 unspecified atom stereocenters. The number of carbonyl (C=O) groups is 1. The molecule has 1 atom stereocenters. The number of hydrogen-bond donors (Lipinski definition) is 1. The van der Waals surface area contributed by atoms with Gasteiger partial charge < -0.3 is 10.1 Å². The van der Waals surface area contributed by atoms with E-state index in [0.29, 0.717) is 16.8 Å². The minimum atomic E-state index is -0.649. The van der Waals surface area contributed by atoms with Crippen molar-refractivity contribution in [1.82, 2.24) is 10.3 Å². The Bertz CT molecular complexity index is 757. The summed E-state index contributed by atoms with van der Waals surface area (Å²) in [7, 11) is 0. The first-order chi connectivity index (χ1) is 12.5. The Morgan fingerprint density at radius 3 is 3.00 bits per heavy atom. The van der Waals surface area contributed by atoms with Gasteiger partial charge in [0.25, 0.3) is 5.91 Å². The normalized spacial score (nSPS) is 14.6. The van der Waals surface area contributed by atoms with Crippen molar-refractivity contribution in [1.29, 1.82) is 0 Å². The second kappa shape index (κ2) is 8.95. The lowest BCUT2D eigenvalue weighted by Crippen LogP contribution is -2.37. The lowest BCUT2D eigenvalue weighted by atomic mass is 10.0. The van der Waals surface area contributed by atoms with Crippen LogP contribution >= 0.6 is 27.3 Å². The molecule has 0 saturated heterocycles. The standard InChI is InChI=1S/C19H22BrFN2O2S/c1-12(25-16-9-8-13(21)11-14(16)20)19(24)22-10-4-7-18-23-15-5-2-3-6-17(15)26-18/h8-9,11-12H,2-7,10H2,1H3,(H,22,24). The molecule has 1 amide bonds. The number of ether oxygens (including phenoxy) is 1. The number of fused-ring (bicyclic) bond motifs is 1. The van der Waals surface area contributed by atoms with Gasteiger partial charge in [0.05, 0.1) is 15.2 Å². The molecule has 3 rings (SSSR count). The van der Waals surface area contributed by atoms with Gasteiger partial charge in [-0.3, -0.25) is 4.79 Å². The van der Waals surface area contributed by atoms with Crippen LogP contribution in [0.4, 0.5) is 4.39 Å². The van der Waals surface area contributed by atoms with E-state index in [0.717, 1.165) is 25.7 Å². The quantitative estimate of drug-likeness (QED) is 0.647. The van der Waals surface area contributed by atoms with Gasteiger partial charge in [0, 0.05) is 17.8 Å². The molecule has 1 aliphatic carbocycles. The third-order valence-electron chi connectivity index (χ3n) is 4.32. The summed E-state index contributed by atoms with van der Waals surface area (Å²) in [6.07, 6.45) is 5.88. The Morgan fingerprint density at radius 2 is 2.23 bits per heavy atom. The smallest absolute Gasteiger partial charge is 0.260 e. The van der Waals surface area contributed by atoms with E-state index in [1.807, 2.05) is 11.3 Å². The summed E-state index contributed by atoms with van der Waals surface area (Å²) in [4.78, 5) is 18.3. The van der Waals surface area contributed by atoms with Crippen LogP contribution in [-0.4, -0.2) is 23.5 Å². The number of aromatic nitrogens is 1. The zero-order valence-electron chi connectivity index (χ0n) is 14.7. The van der Waals surface area contributed by atoms with Crippen LogP contribution in [0.1, 0.15) is 41.8 Å². The van der Waals surface area contributed by atoms with Crippen molar-refractivity contribution in [3.8, 4) is 5.75 Å². The highest BCUT2D eigenvalue weighted by molar-refractivity contribution is 9.10. The molecule has 1 aromatic heterocycles. The molecule has 1 aromatic carbocycles. The highest BCUT2D eigenvalue weighted by Gasteiger charge is 2.17. The molecule has 0 bridgehead atoms. The number of hydrogen-bond acceptors (Lipinski definition) is 4. The van der Waals surface area contributed by atoms with Crippen LogP contribution in [0.5, 0.6) is 5.75 Å². The van der Waals surface area contributed by atoms with Crippen LogP contribution in [0.25, 0.3) is 0 Å². The first-order valence-electron chi connectivity index (χ1n) is 8.90. The van der Waals surface area contributed by atoms with Crippen molar-refractivity contribution < 1.29 is 13.9 Å². The summed E-state index contributed by atoms with van der Waals surface area (Å²) in [6.45, 7) is 2.27. The van der Waals surface area contributed by atoms with Gasteiger partial charge in [-0.15, -0.1) is 11.3 Å². The van der Waals surface area contributed by atoms with Crippen LogP contribution in [0.2, 0.25) is 0 Å². The molecular weight excluding hydrogens is 419 g/mol. The molecule has 0 radical (unpaired) electrons. The molecule has 1 N–H and O–H groups in total. The topological polar surface area (TPSA) is 51.2 Å². The highest BCUT2D eigenvalue weighted by Crippen LogP contribution is 2.27. The summed E-state index contributed by atoms with van der Waals surface area (Å²) in [5, 5.41) is 4.06. The summed E-state index contributed by atoms with van der Waals surface area (Å²) in [5.41, 5.74) is 1.28. The minimum absolute atomic E-state index is 0.181. The van der Waals surface area contributed by atoms with Crippen molar-refractivity contribution in [2.24, 2.45) is 0 Å². The van der Waals surface area contributed by atoms with Crippen LogP contribution in [0, 0.1) is 5.82 Å². The fourth-order valence-corrected chi connectivity index (χ4v) is 4.56. The minimum Gasteiger partial charge on any atom is -0.480 e. The van der Waals surface area contributed by atoms with Crippen molar-refractivity contribution in [2.45, 2.75) is 51.6 Å². The van der Waals surface area contributed by atoms with E-state index < -0.39 is 6.10 Å². The molecule has 0 aliphatic heterocycles. The predicted molar refractivity (Wildman–Crippen MR) is 104 cm³/mol. The number of benzene rings is 1. The Hall–Kier alpha value is -1.47. The number of thiazole rings is 1. The Morgan fingerprint density at radius 1 is 1.42 bits per heavy atom. The molecule has 2 aromatic rings. The van der Waals surface area contributed by atoms with Crippen LogP contribution in [0.3, 0.4) is 0 Å². The molecule has 1 aliphatic rings. The fourth-order valence-electron chi connectivity index (χ4n) is 2.92. The third-order valence-corrected chi connectivity index (χ3v) is 6.16. The maximum Gasteiger partial charge on any atom is 0.260 e. The SMILES string of the molecule is CC(Oc1ccc(F)cc1Br)C(=O)NCCCc1nc2c(s1)CCCC2. The van der Waals surface area contributed by atoms with E-state index in [9.17, 15) is 9.18 Å². The van der Waals surface area contributed by atoms with Gasteiger partial charge in [-0.1, -0.05) is 0 Å². The van der Waals surface area contributed by atoms with Gasteiger partial charge >= 0.3 is 0 Å². The molecule has 0 fully saturated rings.